The van der Waals surface area contributed by atoms with Crippen LogP contribution in [0, 0.1) is 0 Å². The van der Waals surface area contributed by atoms with Crippen molar-refractivity contribution >= 4 is 17.3 Å². The number of carbonyl (C=O) groups excluding carboxylic acids is 1. The quantitative estimate of drug-likeness (QED) is 0.930. The van der Waals surface area contributed by atoms with Crippen LogP contribution in [0.4, 0.5) is 11.4 Å². The minimum atomic E-state index is -0.494. The van der Waals surface area contributed by atoms with Gasteiger partial charge in [-0.25, -0.2) is 0 Å². The van der Waals surface area contributed by atoms with E-state index >= 15 is 0 Å². The lowest BCUT2D eigenvalue weighted by molar-refractivity contribution is -0.118. The minimum absolute atomic E-state index is 0.00842. The molecule has 2 atom stereocenters. The van der Waals surface area contributed by atoms with Crippen LogP contribution in [0.1, 0.15) is 50.6 Å². The van der Waals surface area contributed by atoms with Crippen molar-refractivity contribution in [2.75, 3.05) is 23.4 Å². The zero-order valence-electron chi connectivity index (χ0n) is 13.0. The molecular weight excluding hydrogens is 262 g/mol. The van der Waals surface area contributed by atoms with E-state index in [4.69, 9.17) is 5.73 Å². The molecule has 3 rings (SSSR count). The summed E-state index contributed by atoms with van der Waals surface area (Å²) in [7, 11) is 1.82. The van der Waals surface area contributed by atoms with Crippen LogP contribution in [0.15, 0.2) is 18.2 Å². The van der Waals surface area contributed by atoms with Crippen LogP contribution in [0.2, 0.25) is 0 Å². The molecule has 0 radical (unpaired) electrons. The maximum absolute atomic E-state index is 12.0. The summed E-state index contributed by atoms with van der Waals surface area (Å²) in [4.78, 5) is 16.2. The Morgan fingerprint density at radius 3 is 2.90 bits per heavy atom. The maximum Gasteiger partial charge on any atom is 0.248 e. The van der Waals surface area contributed by atoms with Crippen LogP contribution in [-0.4, -0.2) is 25.5 Å². The molecule has 2 heterocycles. The Bertz CT molecular complexity index is 541. The maximum atomic E-state index is 12.0. The van der Waals surface area contributed by atoms with E-state index < -0.39 is 6.04 Å². The first-order valence-electron chi connectivity index (χ1n) is 8.07. The van der Waals surface area contributed by atoms with Gasteiger partial charge in [0.2, 0.25) is 5.91 Å². The summed E-state index contributed by atoms with van der Waals surface area (Å²) in [5.74, 6) is -0.00842. The number of anilines is 2. The van der Waals surface area contributed by atoms with Gasteiger partial charge >= 0.3 is 0 Å². The predicted octanol–water partition coefficient (Wildman–Crippen LogP) is 2.82. The summed E-state index contributed by atoms with van der Waals surface area (Å²) in [6.45, 7) is 3.37. The van der Waals surface area contributed by atoms with E-state index in [0.29, 0.717) is 6.04 Å². The number of hydrogen-bond acceptors (Lipinski definition) is 3. The van der Waals surface area contributed by atoms with Gasteiger partial charge in [-0.05, 0) is 37.8 Å². The molecule has 2 N–H and O–H groups in total. The van der Waals surface area contributed by atoms with Crippen LogP contribution >= 0.6 is 0 Å². The number of carbonyl (C=O) groups is 1. The van der Waals surface area contributed by atoms with Crippen molar-refractivity contribution in [3.05, 3.63) is 23.8 Å². The molecule has 0 spiro atoms. The molecule has 2 aliphatic rings. The highest BCUT2D eigenvalue weighted by molar-refractivity contribution is 6.04. The van der Waals surface area contributed by atoms with E-state index in [1.165, 1.54) is 37.8 Å². The van der Waals surface area contributed by atoms with E-state index in [9.17, 15) is 4.79 Å². The summed E-state index contributed by atoms with van der Waals surface area (Å²) in [6.07, 6.45) is 6.32. The average Bonchev–Trinajstić information content (AvgIpc) is 2.73. The summed E-state index contributed by atoms with van der Waals surface area (Å²) in [6, 6.07) is 6.46. The number of piperidine rings is 1. The minimum Gasteiger partial charge on any atom is -0.368 e. The first kappa shape index (κ1) is 14.4. The van der Waals surface area contributed by atoms with Gasteiger partial charge in [-0.3, -0.25) is 4.79 Å². The summed E-state index contributed by atoms with van der Waals surface area (Å²) >= 11 is 0. The van der Waals surface area contributed by atoms with Crippen molar-refractivity contribution < 1.29 is 4.79 Å². The average molecular weight is 287 g/mol. The SMILES string of the molecule is CCCC1CCCCN1c1ccc2c(c1)N(C)C(=O)C2N. The Kier molecular flexibility index (Phi) is 3.89. The third-order valence-corrected chi connectivity index (χ3v) is 4.89. The molecule has 0 aromatic heterocycles. The van der Waals surface area contributed by atoms with Crippen molar-refractivity contribution in [3.63, 3.8) is 0 Å². The molecule has 0 saturated carbocycles. The van der Waals surface area contributed by atoms with Gasteiger partial charge in [-0.1, -0.05) is 19.4 Å². The predicted molar refractivity (Wildman–Crippen MR) is 86.7 cm³/mol. The highest BCUT2D eigenvalue weighted by atomic mass is 16.2. The van der Waals surface area contributed by atoms with E-state index in [1.54, 1.807) is 4.90 Å². The van der Waals surface area contributed by atoms with Gasteiger partial charge < -0.3 is 15.5 Å². The summed E-state index contributed by atoms with van der Waals surface area (Å²) in [5, 5.41) is 0. The zero-order chi connectivity index (χ0) is 15.0. The fraction of sp³-hybridized carbons (Fsp3) is 0.588. The van der Waals surface area contributed by atoms with Crippen LogP contribution in [0.3, 0.4) is 0 Å². The van der Waals surface area contributed by atoms with E-state index in [0.717, 1.165) is 17.8 Å². The molecule has 0 bridgehead atoms. The van der Waals surface area contributed by atoms with Crippen molar-refractivity contribution in [1.29, 1.82) is 0 Å². The smallest absolute Gasteiger partial charge is 0.248 e. The molecule has 1 aromatic carbocycles. The fourth-order valence-electron chi connectivity index (χ4n) is 3.70. The van der Waals surface area contributed by atoms with Crippen LogP contribution < -0.4 is 15.5 Å². The lowest BCUT2D eigenvalue weighted by Crippen LogP contribution is -2.39. The highest BCUT2D eigenvalue weighted by Crippen LogP contribution is 2.38. The normalized spacial score (nSPS) is 25.4. The fourth-order valence-corrected chi connectivity index (χ4v) is 3.70. The van der Waals surface area contributed by atoms with E-state index in [1.807, 2.05) is 13.1 Å². The monoisotopic (exact) mass is 287 g/mol. The van der Waals surface area contributed by atoms with Crippen molar-refractivity contribution in [2.45, 2.75) is 51.1 Å². The molecule has 2 unspecified atom stereocenters. The van der Waals surface area contributed by atoms with Crippen molar-refractivity contribution in [1.82, 2.24) is 0 Å². The molecule has 1 saturated heterocycles. The molecule has 1 amide bonds. The molecule has 114 valence electrons. The highest BCUT2D eigenvalue weighted by Gasteiger charge is 2.33. The molecule has 0 aliphatic carbocycles. The molecule has 4 heteroatoms. The number of nitrogens with two attached hydrogens (primary N) is 1. The number of fused-ring (bicyclic) bond motifs is 1. The number of benzene rings is 1. The Labute approximate surface area is 126 Å². The number of amides is 1. The second kappa shape index (κ2) is 5.68. The number of rotatable bonds is 3. The zero-order valence-corrected chi connectivity index (χ0v) is 13.0. The number of nitrogens with zero attached hydrogens (tertiary/aromatic N) is 2. The third-order valence-electron chi connectivity index (χ3n) is 4.89. The van der Waals surface area contributed by atoms with Crippen molar-refractivity contribution in [3.8, 4) is 0 Å². The van der Waals surface area contributed by atoms with Crippen LogP contribution in [-0.2, 0) is 4.79 Å². The first-order chi connectivity index (χ1) is 10.1. The van der Waals surface area contributed by atoms with Gasteiger partial charge in [-0.15, -0.1) is 0 Å². The van der Waals surface area contributed by atoms with Gasteiger partial charge in [0.05, 0.1) is 5.69 Å². The number of hydrogen-bond donors (Lipinski definition) is 1. The molecule has 21 heavy (non-hydrogen) atoms. The molecule has 1 fully saturated rings. The van der Waals surface area contributed by atoms with Gasteiger partial charge in [0.25, 0.3) is 0 Å². The lowest BCUT2D eigenvalue weighted by atomic mass is 9.97. The second-order valence-corrected chi connectivity index (χ2v) is 6.25. The summed E-state index contributed by atoms with van der Waals surface area (Å²) < 4.78 is 0. The Morgan fingerprint density at radius 2 is 2.14 bits per heavy atom. The number of likely N-dealkylation sites (N-methyl/N-ethyl adjacent to an activating group) is 1. The van der Waals surface area contributed by atoms with Gasteiger partial charge in [0.1, 0.15) is 6.04 Å². The molecule has 1 aromatic rings. The van der Waals surface area contributed by atoms with Crippen LogP contribution in [0.25, 0.3) is 0 Å². The van der Waals surface area contributed by atoms with Gasteiger partial charge in [0, 0.05) is 30.9 Å². The molecule has 4 nitrogen and oxygen atoms in total. The van der Waals surface area contributed by atoms with E-state index in [2.05, 4.69) is 24.0 Å². The van der Waals surface area contributed by atoms with Crippen molar-refractivity contribution in [2.24, 2.45) is 5.73 Å². The Morgan fingerprint density at radius 1 is 1.33 bits per heavy atom. The topological polar surface area (TPSA) is 49.6 Å². The largest absolute Gasteiger partial charge is 0.368 e. The molecule has 2 aliphatic heterocycles. The lowest BCUT2D eigenvalue weighted by Gasteiger charge is -2.38. The standard InChI is InChI=1S/C17H25N3O/c1-3-6-12-7-4-5-10-20(12)13-8-9-14-15(11-13)19(2)17(21)16(14)18/h8-9,11-12,16H,3-7,10,18H2,1-2H3. The third kappa shape index (κ3) is 2.42. The van der Waals surface area contributed by atoms with Gasteiger partial charge in [-0.2, -0.15) is 0 Å². The Balaban J connectivity index is 1.91. The first-order valence-corrected chi connectivity index (χ1v) is 8.07. The van der Waals surface area contributed by atoms with Crippen LogP contribution in [0.5, 0.6) is 0 Å². The van der Waals surface area contributed by atoms with E-state index in [-0.39, 0.29) is 5.91 Å². The Hall–Kier alpha value is -1.55. The summed E-state index contributed by atoms with van der Waals surface area (Å²) in [5.41, 5.74) is 9.15. The second-order valence-electron chi connectivity index (χ2n) is 6.25. The van der Waals surface area contributed by atoms with Gasteiger partial charge in [0.15, 0.2) is 0 Å². The molecular formula is C17H25N3O.